The molecule has 0 saturated carbocycles. The molecule has 0 unspecified atom stereocenters. The zero-order chi connectivity index (χ0) is 20.4. The summed E-state index contributed by atoms with van der Waals surface area (Å²) in [6.07, 6.45) is 0. The third-order valence-electron chi connectivity index (χ3n) is 5.54. The van der Waals surface area contributed by atoms with Gasteiger partial charge in [0.15, 0.2) is 5.78 Å². The molecular formula is C28H24O. The van der Waals surface area contributed by atoms with Crippen molar-refractivity contribution in [1.82, 2.24) is 0 Å². The van der Waals surface area contributed by atoms with Gasteiger partial charge in [0.2, 0.25) is 0 Å². The van der Waals surface area contributed by atoms with Crippen LogP contribution < -0.4 is 0 Å². The molecule has 29 heavy (non-hydrogen) atoms. The van der Waals surface area contributed by atoms with E-state index in [0.717, 1.165) is 16.7 Å². The number of carbonyl (C=O) groups is 1. The molecule has 0 aliphatic carbocycles. The molecule has 0 N–H and O–H groups in total. The van der Waals surface area contributed by atoms with Gasteiger partial charge in [-0.05, 0) is 54.2 Å². The van der Waals surface area contributed by atoms with Crippen molar-refractivity contribution >= 4 is 5.78 Å². The molecule has 4 aromatic rings. The van der Waals surface area contributed by atoms with Crippen molar-refractivity contribution in [2.24, 2.45) is 0 Å². The highest BCUT2D eigenvalue weighted by molar-refractivity contribution is 6.09. The van der Waals surface area contributed by atoms with Gasteiger partial charge in [0.25, 0.3) is 0 Å². The number of ketones is 1. The average molecular weight is 376 g/mol. The maximum Gasteiger partial charge on any atom is 0.193 e. The van der Waals surface area contributed by atoms with Crippen molar-refractivity contribution in [3.05, 3.63) is 119 Å². The van der Waals surface area contributed by atoms with Gasteiger partial charge in [0.05, 0.1) is 0 Å². The van der Waals surface area contributed by atoms with E-state index in [1.807, 2.05) is 55.5 Å². The van der Waals surface area contributed by atoms with Gasteiger partial charge in [-0.1, -0.05) is 96.6 Å². The summed E-state index contributed by atoms with van der Waals surface area (Å²) in [7, 11) is 0. The van der Waals surface area contributed by atoms with Crippen LogP contribution >= 0.6 is 0 Å². The molecule has 1 nitrogen and oxygen atoms in total. The summed E-state index contributed by atoms with van der Waals surface area (Å²) in [5, 5.41) is 0. The molecule has 0 aliphatic heterocycles. The lowest BCUT2D eigenvalue weighted by Gasteiger charge is -2.14. The Morgan fingerprint density at radius 1 is 0.552 bits per heavy atom. The second kappa shape index (κ2) is 7.89. The minimum absolute atomic E-state index is 0.0573. The SMILES string of the molecule is Cc1ccc(C(=O)c2ccc(-c3cccc(-c4ccccc4C)c3C)cc2)cc1. The molecule has 0 aromatic heterocycles. The van der Waals surface area contributed by atoms with Gasteiger partial charge < -0.3 is 0 Å². The molecule has 0 spiro atoms. The first-order valence-corrected chi connectivity index (χ1v) is 9.92. The lowest BCUT2D eigenvalue weighted by molar-refractivity contribution is 0.103. The topological polar surface area (TPSA) is 17.1 Å². The quantitative estimate of drug-likeness (QED) is 0.345. The Balaban J connectivity index is 1.68. The van der Waals surface area contributed by atoms with Crippen molar-refractivity contribution in [1.29, 1.82) is 0 Å². The fraction of sp³-hybridized carbons (Fsp3) is 0.107. The van der Waals surface area contributed by atoms with Crippen LogP contribution in [0, 0.1) is 20.8 Å². The minimum atomic E-state index is 0.0573. The molecule has 0 aliphatic rings. The molecule has 4 aromatic carbocycles. The van der Waals surface area contributed by atoms with Crippen LogP contribution in [0.4, 0.5) is 0 Å². The number of rotatable bonds is 4. The van der Waals surface area contributed by atoms with E-state index < -0.39 is 0 Å². The standard InChI is InChI=1S/C28H24O/c1-19-11-13-23(14-12-19)28(29)24-17-15-22(16-18-24)26-9-6-10-27(21(26)3)25-8-5-4-7-20(25)2/h4-18H,1-3H3. The fourth-order valence-electron chi connectivity index (χ4n) is 3.79. The molecule has 0 atom stereocenters. The van der Waals surface area contributed by atoms with E-state index in [2.05, 4.69) is 56.3 Å². The molecule has 0 fully saturated rings. The summed E-state index contributed by atoms with van der Waals surface area (Å²) < 4.78 is 0. The summed E-state index contributed by atoms with van der Waals surface area (Å²) in [6, 6.07) is 30.6. The van der Waals surface area contributed by atoms with Gasteiger partial charge in [0, 0.05) is 11.1 Å². The van der Waals surface area contributed by atoms with Crippen LogP contribution in [-0.2, 0) is 0 Å². The van der Waals surface area contributed by atoms with E-state index in [9.17, 15) is 4.79 Å². The first-order valence-electron chi connectivity index (χ1n) is 9.92. The van der Waals surface area contributed by atoms with E-state index in [1.165, 1.54) is 27.8 Å². The second-order valence-corrected chi connectivity index (χ2v) is 7.57. The van der Waals surface area contributed by atoms with E-state index in [0.29, 0.717) is 5.56 Å². The molecule has 4 rings (SSSR count). The zero-order valence-electron chi connectivity index (χ0n) is 17.1. The molecule has 0 saturated heterocycles. The number of aryl methyl sites for hydroxylation is 2. The molecule has 142 valence electrons. The molecule has 0 amide bonds. The Morgan fingerprint density at radius 2 is 1.10 bits per heavy atom. The van der Waals surface area contributed by atoms with Gasteiger partial charge in [-0.15, -0.1) is 0 Å². The van der Waals surface area contributed by atoms with E-state index in [1.54, 1.807) is 0 Å². The monoisotopic (exact) mass is 376 g/mol. The van der Waals surface area contributed by atoms with E-state index >= 15 is 0 Å². The highest BCUT2D eigenvalue weighted by Gasteiger charge is 2.12. The number of hydrogen-bond acceptors (Lipinski definition) is 1. The normalized spacial score (nSPS) is 10.7. The van der Waals surface area contributed by atoms with E-state index in [-0.39, 0.29) is 5.78 Å². The first-order chi connectivity index (χ1) is 14.0. The Labute approximate surface area is 172 Å². The van der Waals surface area contributed by atoms with Gasteiger partial charge in [-0.3, -0.25) is 4.79 Å². The lowest BCUT2D eigenvalue weighted by atomic mass is 9.90. The molecule has 0 bridgehead atoms. The van der Waals surface area contributed by atoms with Crippen molar-refractivity contribution in [3.8, 4) is 22.3 Å². The third kappa shape index (κ3) is 3.77. The van der Waals surface area contributed by atoms with Gasteiger partial charge >= 0.3 is 0 Å². The molecule has 1 heteroatoms. The number of carbonyl (C=O) groups excluding carboxylic acids is 1. The van der Waals surface area contributed by atoms with Crippen LogP contribution in [0.15, 0.2) is 91.0 Å². The van der Waals surface area contributed by atoms with Crippen LogP contribution in [0.1, 0.15) is 32.6 Å². The van der Waals surface area contributed by atoms with Crippen LogP contribution in [0.25, 0.3) is 22.3 Å². The van der Waals surface area contributed by atoms with Crippen molar-refractivity contribution in [2.45, 2.75) is 20.8 Å². The van der Waals surface area contributed by atoms with Crippen LogP contribution in [0.3, 0.4) is 0 Å². The van der Waals surface area contributed by atoms with Gasteiger partial charge in [-0.25, -0.2) is 0 Å². The van der Waals surface area contributed by atoms with Crippen molar-refractivity contribution in [3.63, 3.8) is 0 Å². The smallest absolute Gasteiger partial charge is 0.193 e. The Bertz CT molecular complexity index is 1170. The summed E-state index contributed by atoms with van der Waals surface area (Å²) >= 11 is 0. The van der Waals surface area contributed by atoms with Gasteiger partial charge in [0.1, 0.15) is 0 Å². The number of hydrogen-bond donors (Lipinski definition) is 0. The summed E-state index contributed by atoms with van der Waals surface area (Å²) in [6.45, 7) is 6.34. The van der Waals surface area contributed by atoms with Crippen LogP contribution in [0.5, 0.6) is 0 Å². The summed E-state index contributed by atoms with van der Waals surface area (Å²) in [4.78, 5) is 12.7. The third-order valence-corrected chi connectivity index (χ3v) is 5.54. The number of benzene rings is 4. The largest absolute Gasteiger partial charge is 0.289 e. The lowest BCUT2D eigenvalue weighted by Crippen LogP contribution is -2.01. The highest BCUT2D eigenvalue weighted by Crippen LogP contribution is 2.33. The molecular weight excluding hydrogens is 352 g/mol. The Kier molecular flexibility index (Phi) is 5.14. The zero-order valence-corrected chi connectivity index (χ0v) is 17.1. The average Bonchev–Trinajstić information content (AvgIpc) is 2.75. The first kappa shape index (κ1) is 18.9. The van der Waals surface area contributed by atoms with Crippen LogP contribution in [-0.4, -0.2) is 5.78 Å². The van der Waals surface area contributed by atoms with Crippen molar-refractivity contribution < 1.29 is 4.79 Å². The minimum Gasteiger partial charge on any atom is -0.289 e. The maximum atomic E-state index is 12.7. The summed E-state index contributed by atoms with van der Waals surface area (Å²) in [5.74, 6) is 0.0573. The Morgan fingerprint density at radius 3 is 1.76 bits per heavy atom. The van der Waals surface area contributed by atoms with Crippen LogP contribution in [0.2, 0.25) is 0 Å². The predicted octanol–water partition coefficient (Wildman–Crippen LogP) is 7.18. The fourth-order valence-corrected chi connectivity index (χ4v) is 3.79. The van der Waals surface area contributed by atoms with Crippen molar-refractivity contribution in [2.75, 3.05) is 0 Å². The Hall–Kier alpha value is -3.45. The second-order valence-electron chi connectivity index (χ2n) is 7.57. The predicted molar refractivity (Wildman–Crippen MR) is 121 cm³/mol. The molecule has 0 radical (unpaired) electrons. The molecule has 0 heterocycles. The van der Waals surface area contributed by atoms with E-state index in [4.69, 9.17) is 0 Å². The maximum absolute atomic E-state index is 12.7. The summed E-state index contributed by atoms with van der Waals surface area (Å²) in [5.41, 5.74) is 9.94. The highest BCUT2D eigenvalue weighted by atomic mass is 16.1. The van der Waals surface area contributed by atoms with Gasteiger partial charge in [-0.2, -0.15) is 0 Å².